The van der Waals surface area contributed by atoms with Crippen molar-refractivity contribution in [1.29, 1.82) is 0 Å². The Kier molecular flexibility index (Phi) is 2.06. The summed E-state index contributed by atoms with van der Waals surface area (Å²) in [5.41, 5.74) is 0. The van der Waals surface area contributed by atoms with E-state index in [2.05, 4.69) is 11.7 Å². The Hall–Kier alpha value is 1.05. The molecule has 1 saturated carbocycles. The molecule has 0 spiro atoms. The molecule has 0 nitrogen and oxygen atoms in total. The fraction of sp³-hybridized carbons (Fsp3) is 1.00. The highest BCUT2D eigenvalue weighted by atomic mass is 33.5. The molecule has 0 aliphatic heterocycles. The molecule has 0 aromatic rings. The number of hydrogen-bond donors (Lipinski definition) is 1. The molecule has 36 valence electrons. The summed E-state index contributed by atoms with van der Waals surface area (Å²) >= 11 is 3.98. The lowest BCUT2D eigenvalue weighted by molar-refractivity contribution is 1.50. The van der Waals surface area contributed by atoms with E-state index in [9.17, 15) is 0 Å². The zero-order valence-corrected chi connectivity index (χ0v) is 5.78. The van der Waals surface area contributed by atoms with Crippen LogP contribution in [-0.2, 0) is 0 Å². The SMILES string of the molecule is SSSC1CC1. The van der Waals surface area contributed by atoms with Crippen LogP contribution in [0.2, 0.25) is 0 Å². The molecule has 1 rings (SSSR count). The van der Waals surface area contributed by atoms with Crippen LogP contribution in [0.4, 0.5) is 0 Å². The van der Waals surface area contributed by atoms with Crippen molar-refractivity contribution in [1.82, 2.24) is 0 Å². The van der Waals surface area contributed by atoms with Gasteiger partial charge in [0, 0.05) is 5.25 Å². The van der Waals surface area contributed by atoms with Crippen LogP contribution >= 0.6 is 32.3 Å². The highest BCUT2D eigenvalue weighted by molar-refractivity contribution is 9.05. The molecule has 0 bridgehead atoms. The Bertz CT molecular complexity index is 41.3. The first-order valence-corrected chi connectivity index (χ1v) is 5.17. The summed E-state index contributed by atoms with van der Waals surface area (Å²) in [4.78, 5) is 0. The van der Waals surface area contributed by atoms with Gasteiger partial charge < -0.3 is 0 Å². The van der Waals surface area contributed by atoms with Gasteiger partial charge >= 0.3 is 0 Å². The minimum Gasteiger partial charge on any atom is -0.0997 e. The molecule has 0 aromatic heterocycles. The van der Waals surface area contributed by atoms with E-state index in [1.165, 1.54) is 12.8 Å². The summed E-state index contributed by atoms with van der Waals surface area (Å²) in [6, 6.07) is 0. The first kappa shape index (κ1) is 5.19. The van der Waals surface area contributed by atoms with Gasteiger partial charge in [-0.25, -0.2) is 0 Å². The van der Waals surface area contributed by atoms with Crippen LogP contribution < -0.4 is 0 Å². The molecule has 0 amide bonds. The molecule has 0 radical (unpaired) electrons. The molecular formula is C3H6S3. The predicted molar refractivity (Wildman–Crippen MR) is 37.2 cm³/mol. The lowest BCUT2D eigenvalue weighted by Gasteiger charge is -1.81. The molecule has 0 saturated heterocycles. The van der Waals surface area contributed by atoms with Gasteiger partial charge in [-0.3, -0.25) is 0 Å². The molecule has 0 aromatic carbocycles. The second-order valence-corrected chi connectivity index (χ2v) is 4.74. The van der Waals surface area contributed by atoms with Crippen LogP contribution in [0.15, 0.2) is 0 Å². The largest absolute Gasteiger partial charge is 0.0997 e. The minimum absolute atomic E-state index is 0.951. The van der Waals surface area contributed by atoms with E-state index in [1.54, 1.807) is 9.83 Å². The predicted octanol–water partition coefficient (Wildman–Crippen LogP) is 2.38. The smallest absolute Gasteiger partial charge is 0.0160 e. The summed E-state index contributed by atoms with van der Waals surface area (Å²) < 4.78 is 0. The van der Waals surface area contributed by atoms with E-state index >= 15 is 0 Å². The first-order valence-electron chi connectivity index (χ1n) is 1.90. The Morgan fingerprint density at radius 2 is 2.17 bits per heavy atom. The average molecular weight is 138 g/mol. The zero-order valence-electron chi connectivity index (χ0n) is 3.26. The van der Waals surface area contributed by atoms with Gasteiger partial charge in [-0.05, 0) is 22.7 Å². The van der Waals surface area contributed by atoms with Crippen LogP contribution in [0.3, 0.4) is 0 Å². The molecule has 1 aliphatic carbocycles. The molecule has 3 heteroatoms. The van der Waals surface area contributed by atoms with Crippen LogP contribution in [0.5, 0.6) is 0 Å². The van der Waals surface area contributed by atoms with Crippen molar-refractivity contribution in [3.8, 4) is 0 Å². The topological polar surface area (TPSA) is 0 Å². The van der Waals surface area contributed by atoms with Gasteiger partial charge in [-0.15, -0.1) is 0 Å². The van der Waals surface area contributed by atoms with Crippen molar-refractivity contribution in [3.63, 3.8) is 0 Å². The summed E-state index contributed by atoms with van der Waals surface area (Å²) in [7, 11) is 3.46. The van der Waals surface area contributed by atoms with Crippen molar-refractivity contribution >= 4 is 32.3 Å². The third-order valence-corrected chi connectivity index (χ3v) is 3.38. The Balaban J connectivity index is 1.88. The maximum atomic E-state index is 3.98. The monoisotopic (exact) mass is 138 g/mol. The van der Waals surface area contributed by atoms with Crippen LogP contribution in [0.1, 0.15) is 12.8 Å². The number of thiol groups is 1. The summed E-state index contributed by atoms with van der Waals surface area (Å²) in [6.07, 6.45) is 2.83. The minimum atomic E-state index is 0.951. The number of rotatable bonds is 2. The van der Waals surface area contributed by atoms with Gasteiger partial charge in [0.1, 0.15) is 0 Å². The third kappa shape index (κ3) is 1.67. The van der Waals surface area contributed by atoms with Crippen molar-refractivity contribution in [2.24, 2.45) is 0 Å². The van der Waals surface area contributed by atoms with Crippen molar-refractivity contribution < 1.29 is 0 Å². The van der Waals surface area contributed by atoms with Crippen molar-refractivity contribution in [2.75, 3.05) is 0 Å². The van der Waals surface area contributed by atoms with Crippen LogP contribution in [0, 0.1) is 0 Å². The lowest BCUT2D eigenvalue weighted by Crippen LogP contribution is -1.56. The van der Waals surface area contributed by atoms with Gasteiger partial charge in [0.15, 0.2) is 0 Å². The van der Waals surface area contributed by atoms with Gasteiger partial charge in [-0.1, -0.05) is 22.5 Å². The third-order valence-electron chi connectivity index (χ3n) is 0.703. The zero-order chi connectivity index (χ0) is 4.41. The van der Waals surface area contributed by atoms with E-state index in [0.29, 0.717) is 0 Å². The second kappa shape index (κ2) is 2.38. The summed E-state index contributed by atoms with van der Waals surface area (Å²) in [5.74, 6) is 0. The standard InChI is InChI=1S/C3H6S3/c4-6-5-3-1-2-3/h3-4H,1-2H2. The molecular weight excluding hydrogens is 132 g/mol. The van der Waals surface area contributed by atoms with Gasteiger partial charge in [0.05, 0.1) is 0 Å². The molecule has 1 fully saturated rings. The van der Waals surface area contributed by atoms with E-state index < -0.39 is 0 Å². The molecule has 0 unspecified atom stereocenters. The Morgan fingerprint density at radius 3 is 2.33 bits per heavy atom. The van der Waals surface area contributed by atoms with Crippen molar-refractivity contribution in [3.05, 3.63) is 0 Å². The van der Waals surface area contributed by atoms with E-state index in [0.717, 1.165) is 5.25 Å². The first-order chi connectivity index (χ1) is 2.93. The van der Waals surface area contributed by atoms with Gasteiger partial charge in [-0.2, -0.15) is 0 Å². The normalized spacial score (nSPS) is 21.5. The van der Waals surface area contributed by atoms with E-state index in [-0.39, 0.29) is 0 Å². The quantitative estimate of drug-likeness (QED) is 0.459. The number of hydrogen-bond acceptors (Lipinski definition) is 3. The molecule has 0 N–H and O–H groups in total. The molecule has 0 atom stereocenters. The summed E-state index contributed by atoms with van der Waals surface area (Å²) in [6.45, 7) is 0. The molecule has 0 heterocycles. The maximum absolute atomic E-state index is 3.98. The van der Waals surface area contributed by atoms with Crippen molar-refractivity contribution in [2.45, 2.75) is 18.1 Å². The summed E-state index contributed by atoms with van der Waals surface area (Å²) in [5, 5.41) is 0.951. The lowest BCUT2D eigenvalue weighted by atomic mass is 11.0. The highest BCUT2D eigenvalue weighted by Gasteiger charge is 2.21. The Labute approximate surface area is 50.7 Å². The average Bonchev–Trinajstić information content (AvgIpc) is 2.21. The maximum Gasteiger partial charge on any atom is 0.0160 e. The van der Waals surface area contributed by atoms with Gasteiger partial charge in [0.25, 0.3) is 0 Å². The van der Waals surface area contributed by atoms with Crippen LogP contribution in [-0.4, -0.2) is 5.25 Å². The molecule has 6 heavy (non-hydrogen) atoms. The second-order valence-electron chi connectivity index (χ2n) is 1.37. The fourth-order valence-corrected chi connectivity index (χ4v) is 2.71. The Morgan fingerprint density at radius 1 is 1.50 bits per heavy atom. The van der Waals surface area contributed by atoms with E-state index in [4.69, 9.17) is 0 Å². The fourth-order valence-electron chi connectivity index (χ4n) is 0.225. The highest BCUT2D eigenvalue weighted by Crippen LogP contribution is 2.42. The van der Waals surface area contributed by atoms with E-state index in [1.807, 2.05) is 10.8 Å². The van der Waals surface area contributed by atoms with Crippen LogP contribution in [0.25, 0.3) is 0 Å². The van der Waals surface area contributed by atoms with Gasteiger partial charge in [0.2, 0.25) is 0 Å². The molecule has 1 aliphatic rings.